The molecule has 0 saturated carbocycles. The van der Waals surface area contributed by atoms with Gasteiger partial charge in [0.2, 0.25) is 0 Å². The summed E-state index contributed by atoms with van der Waals surface area (Å²) in [4.78, 5) is 11.5. The van der Waals surface area contributed by atoms with E-state index in [-0.39, 0.29) is 17.1 Å². The zero-order chi connectivity index (χ0) is 11.5. The van der Waals surface area contributed by atoms with Crippen LogP contribution in [-0.4, -0.2) is 21.3 Å². The first-order chi connectivity index (χ1) is 7.65. The van der Waals surface area contributed by atoms with Crippen molar-refractivity contribution < 1.29 is 9.18 Å². The second-order valence-corrected chi connectivity index (χ2v) is 3.08. The molecule has 2 rings (SSSR count). The third kappa shape index (κ3) is 2.14. The summed E-state index contributed by atoms with van der Waals surface area (Å²) in [5.41, 5.74) is 6.04. The quantitative estimate of drug-likeness (QED) is 0.653. The SMILES string of the molecule is Nc1cc(F)cc(NC(=O)c2cn[nH]n2)c1. The largest absolute Gasteiger partial charge is 0.399 e. The van der Waals surface area contributed by atoms with E-state index in [0.29, 0.717) is 0 Å². The van der Waals surface area contributed by atoms with Crippen LogP contribution in [0.1, 0.15) is 10.5 Å². The monoisotopic (exact) mass is 221 g/mol. The highest BCUT2D eigenvalue weighted by molar-refractivity contribution is 6.02. The van der Waals surface area contributed by atoms with Crippen molar-refractivity contribution in [3.05, 3.63) is 35.9 Å². The Morgan fingerprint density at radius 2 is 2.25 bits per heavy atom. The van der Waals surface area contributed by atoms with Crippen LogP contribution in [0.5, 0.6) is 0 Å². The molecule has 16 heavy (non-hydrogen) atoms. The van der Waals surface area contributed by atoms with Gasteiger partial charge in [-0.15, -0.1) is 0 Å². The van der Waals surface area contributed by atoms with Gasteiger partial charge < -0.3 is 11.1 Å². The van der Waals surface area contributed by atoms with E-state index < -0.39 is 11.7 Å². The number of nitrogens with one attached hydrogen (secondary N) is 2. The van der Waals surface area contributed by atoms with Crippen molar-refractivity contribution in [2.45, 2.75) is 0 Å². The van der Waals surface area contributed by atoms with Gasteiger partial charge in [0.05, 0.1) is 6.20 Å². The van der Waals surface area contributed by atoms with Gasteiger partial charge in [0, 0.05) is 11.4 Å². The van der Waals surface area contributed by atoms with Crippen molar-refractivity contribution in [1.82, 2.24) is 15.4 Å². The number of benzene rings is 1. The Morgan fingerprint density at radius 1 is 1.44 bits per heavy atom. The van der Waals surface area contributed by atoms with Crippen LogP contribution in [0.2, 0.25) is 0 Å². The molecule has 82 valence electrons. The number of nitrogens with zero attached hydrogens (tertiary/aromatic N) is 2. The maximum absolute atomic E-state index is 13.0. The van der Waals surface area contributed by atoms with Gasteiger partial charge in [-0.1, -0.05) is 0 Å². The molecule has 0 radical (unpaired) electrons. The average Bonchev–Trinajstić information content (AvgIpc) is 2.68. The molecule has 1 aromatic heterocycles. The summed E-state index contributed by atoms with van der Waals surface area (Å²) in [6, 6.07) is 3.77. The number of hydrogen-bond acceptors (Lipinski definition) is 4. The van der Waals surface area contributed by atoms with Crippen LogP contribution in [0.15, 0.2) is 24.4 Å². The molecule has 0 fully saturated rings. The van der Waals surface area contributed by atoms with E-state index in [9.17, 15) is 9.18 Å². The molecule has 0 unspecified atom stereocenters. The number of amides is 1. The van der Waals surface area contributed by atoms with Crippen molar-refractivity contribution in [2.75, 3.05) is 11.1 Å². The Bertz CT molecular complexity index is 490. The maximum atomic E-state index is 13.0. The standard InChI is InChI=1S/C9H8FN5O/c10-5-1-6(11)3-7(2-5)13-9(16)8-4-12-15-14-8/h1-4H,11H2,(H,13,16)(H,12,14,15). The molecular formula is C9H8FN5O. The van der Waals surface area contributed by atoms with Crippen LogP contribution in [0, 0.1) is 5.82 Å². The molecule has 4 N–H and O–H groups in total. The molecule has 2 aromatic rings. The van der Waals surface area contributed by atoms with Gasteiger partial charge in [-0.2, -0.15) is 15.4 Å². The first-order valence-corrected chi connectivity index (χ1v) is 4.38. The number of nitrogen functional groups attached to an aromatic ring is 1. The molecular weight excluding hydrogens is 213 g/mol. The van der Waals surface area contributed by atoms with Gasteiger partial charge in [-0.05, 0) is 18.2 Å². The minimum atomic E-state index is -0.518. The van der Waals surface area contributed by atoms with Crippen molar-refractivity contribution in [2.24, 2.45) is 0 Å². The fourth-order valence-electron chi connectivity index (χ4n) is 1.19. The minimum absolute atomic E-state index is 0.114. The number of aromatic amines is 1. The van der Waals surface area contributed by atoms with Gasteiger partial charge in [-0.25, -0.2) is 4.39 Å². The number of hydrogen-bond donors (Lipinski definition) is 3. The molecule has 0 atom stereocenters. The van der Waals surface area contributed by atoms with Gasteiger partial charge in [-0.3, -0.25) is 4.79 Å². The third-order valence-corrected chi connectivity index (χ3v) is 1.83. The zero-order valence-electron chi connectivity index (χ0n) is 8.07. The highest BCUT2D eigenvalue weighted by atomic mass is 19.1. The lowest BCUT2D eigenvalue weighted by Crippen LogP contribution is -2.12. The summed E-state index contributed by atoms with van der Waals surface area (Å²) in [5, 5.41) is 11.8. The minimum Gasteiger partial charge on any atom is -0.399 e. The topological polar surface area (TPSA) is 96.7 Å². The first-order valence-electron chi connectivity index (χ1n) is 4.38. The van der Waals surface area contributed by atoms with Gasteiger partial charge in [0.15, 0.2) is 5.69 Å². The van der Waals surface area contributed by atoms with Crippen LogP contribution < -0.4 is 11.1 Å². The molecule has 0 aliphatic rings. The lowest BCUT2D eigenvalue weighted by atomic mass is 10.2. The molecule has 1 amide bonds. The molecule has 1 heterocycles. The summed E-state index contributed by atoms with van der Waals surface area (Å²) in [5.74, 6) is -1.01. The number of carbonyl (C=O) groups excluding carboxylic acids is 1. The summed E-state index contributed by atoms with van der Waals surface area (Å²) < 4.78 is 13.0. The molecule has 0 spiro atoms. The summed E-state index contributed by atoms with van der Waals surface area (Å²) in [6.45, 7) is 0. The molecule has 6 nitrogen and oxygen atoms in total. The first kappa shape index (κ1) is 10.1. The fraction of sp³-hybridized carbons (Fsp3) is 0. The molecule has 0 bridgehead atoms. The van der Waals surface area contributed by atoms with E-state index >= 15 is 0 Å². The van der Waals surface area contributed by atoms with E-state index in [0.717, 1.165) is 12.1 Å². The number of halogens is 1. The van der Waals surface area contributed by atoms with Crippen molar-refractivity contribution >= 4 is 17.3 Å². The van der Waals surface area contributed by atoms with Crippen molar-refractivity contribution in [3.8, 4) is 0 Å². The Balaban J connectivity index is 2.18. The fourth-order valence-corrected chi connectivity index (χ4v) is 1.19. The van der Waals surface area contributed by atoms with Crippen LogP contribution in [0.3, 0.4) is 0 Å². The molecule has 0 aliphatic heterocycles. The number of rotatable bonds is 2. The van der Waals surface area contributed by atoms with Gasteiger partial charge in [0.25, 0.3) is 5.91 Å². The van der Waals surface area contributed by atoms with Crippen LogP contribution in [0.25, 0.3) is 0 Å². The smallest absolute Gasteiger partial charge is 0.277 e. The third-order valence-electron chi connectivity index (χ3n) is 1.83. The van der Waals surface area contributed by atoms with Crippen molar-refractivity contribution in [1.29, 1.82) is 0 Å². The number of anilines is 2. The highest BCUT2D eigenvalue weighted by Crippen LogP contribution is 2.15. The highest BCUT2D eigenvalue weighted by Gasteiger charge is 2.09. The maximum Gasteiger partial charge on any atom is 0.277 e. The number of nitrogens with two attached hydrogens (primary N) is 1. The Kier molecular flexibility index (Phi) is 2.50. The van der Waals surface area contributed by atoms with E-state index in [4.69, 9.17) is 5.73 Å². The molecule has 0 aliphatic carbocycles. The number of aromatic nitrogens is 3. The second-order valence-electron chi connectivity index (χ2n) is 3.08. The van der Waals surface area contributed by atoms with E-state index in [1.54, 1.807) is 0 Å². The second kappa shape index (κ2) is 3.97. The predicted molar refractivity (Wildman–Crippen MR) is 55.1 cm³/mol. The molecule has 7 heteroatoms. The Hall–Kier alpha value is -2.44. The van der Waals surface area contributed by atoms with Crippen molar-refractivity contribution in [3.63, 3.8) is 0 Å². The van der Waals surface area contributed by atoms with Gasteiger partial charge in [0.1, 0.15) is 5.82 Å². The molecule has 1 aromatic carbocycles. The van der Waals surface area contributed by atoms with E-state index in [1.807, 2.05) is 0 Å². The van der Waals surface area contributed by atoms with Crippen LogP contribution in [0.4, 0.5) is 15.8 Å². The normalized spacial score (nSPS) is 10.1. The van der Waals surface area contributed by atoms with E-state index in [1.165, 1.54) is 12.3 Å². The Labute approximate surface area is 89.7 Å². The molecule has 0 saturated heterocycles. The summed E-state index contributed by atoms with van der Waals surface area (Å²) in [7, 11) is 0. The average molecular weight is 221 g/mol. The van der Waals surface area contributed by atoms with E-state index in [2.05, 4.69) is 20.7 Å². The van der Waals surface area contributed by atoms with Crippen LogP contribution >= 0.6 is 0 Å². The zero-order valence-corrected chi connectivity index (χ0v) is 8.07. The Morgan fingerprint density at radius 3 is 2.88 bits per heavy atom. The lowest BCUT2D eigenvalue weighted by Gasteiger charge is -2.04. The van der Waals surface area contributed by atoms with Crippen LogP contribution in [-0.2, 0) is 0 Å². The summed E-state index contributed by atoms with van der Waals surface area (Å²) >= 11 is 0. The number of H-pyrrole nitrogens is 1. The lowest BCUT2D eigenvalue weighted by molar-refractivity contribution is 0.102. The summed E-state index contributed by atoms with van der Waals surface area (Å²) in [6.07, 6.45) is 1.26. The van der Waals surface area contributed by atoms with Gasteiger partial charge >= 0.3 is 0 Å². The number of carbonyl (C=O) groups is 1. The predicted octanol–water partition coefficient (Wildman–Crippen LogP) is 0.778.